The second kappa shape index (κ2) is 9.88. The summed E-state index contributed by atoms with van der Waals surface area (Å²) in [5.41, 5.74) is 13.8. The van der Waals surface area contributed by atoms with Crippen molar-refractivity contribution in [2.75, 3.05) is 4.90 Å². The van der Waals surface area contributed by atoms with Crippen molar-refractivity contribution >= 4 is 78.2 Å². The third kappa shape index (κ3) is 4.08. The van der Waals surface area contributed by atoms with Crippen molar-refractivity contribution in [2.45, 2.75) is 52.4 Å². The molecular weight excluding hydrogens is 610 g/mol. The van der Waals surface area contributed by atoms with Gasteiger partial charge in [-0.3, -0.25) is 0 Å². The molecule has 0 atom stereocenters. The predicted molar refractivity (Wildman–Crippen MR) is 212 cm³/mol. The average molecular weight is 649 g/mol. The van der Waals surface area contributed by atoms with Crippen molar-refractivity contribution < 1.29 is 4.39 Å². The summed E-state index contributed by atoms with van der Waals surface area (Å²) in [6.45, 7) is 13.8. The van der Waals surface area contributed by atoms with Crippen LogP contribution in [0.25, 0.3) is 54.5 Å². The molecule has 0 aliphatic carbocycles. The van der Waals surface area contributed by atoms with Crippen molar-refractivity contribution in [3.8, 4) is 11.1 Å². The lowest BCUT2D eigenvalue weighted by atomic mass is 9.45. The fraction of sp³-hybridized carbons (Fsp3) is 0.174. The Bertz CT molecular complexity index is 2730. The molecule has 0 unspecified atom stereocenters. The van der Waals surface area contributed by atoms with Gasteiger partial charge in [0.1, 0.15) is 5.82 Å². The van der Waals surface area contributed by atoms with Crippen LogP contribution in [0.5, 0.6) is 0 Å². The van der Waals surface area contributed by atoms with E-state index in [0.29, 0.717) is 0 Å². The minimum Gasteiger partial charge on any atom is -0.375 e. The molecule has 0 amide bonds. The van der Waals surface area contributed by atoms with Gasteiger partial charge in [-0.1, -0.05) is 108 Å². The van der Waals surface area contributed by atoms with Crippen LogP contribution in [-0.2, 0) is 10.8 Å². The minimum atomic E-state index is -0.210. The maximum Gasteiger partial charge on any atom is 0.333 e. The number of para-hydroxylation sites is 2. The summed E-state index contributed by atoms with van der Waals surface area (Å²) < 4.78 is 17.1. The molecule has 242 valence electrons. The molecule has 2 nitrogen and oxygen atoms in total. The van der Waals surface area contributed by atoms with Gasteiger partial charge in [0.15, 0.2) is 0 Å². The van der Waals surface area contributed by atoms with Crippen LogP contribution in [0, 0.1) is 5.82 Å². The van der Waals surface area contributed by atoms with Gasteiger partial charge in [0, 0.05) is 44.4 Å². The Kier molecular flexibility index (Phi) is 5.84. The molecular formula is C46H38BFN2. The topological polar surface area (TPSA) is 8.17 Å². The lowest BCUT2D eigenvalue weighted by molar-refractivity contribution is 0.569. The third-order valence-corrected chi connectivity index (χ3v) is 11.2. The highest BCUT2D eigenvalue weighted by atomic mass is 19.1. The van der Waals surface area contributed by atoms with E-state index in [1.165, 1.54) is 72.0 Å². The quantitative estimate of drug-likeness (QED) is 0.127. The molecule has 1 aromatic heterocycles. The molecule has 0 saturated heterocycles. The van der Waals surface area contributed by atoms with Gasteiger partial charge in [-0.05, 0) is 115 Å². The molecule has 10 rings (SSSR count). The van der Waals surface area contributed by atoms with Gasteiger partial charge >= 0.3 is 6.85 Å². The number of anilines is 3. The monoisotopic (exact) mass is 648 g/mol. The largest absolute Gasteiger partial charge is 0.375 e. The number of halogens is 1. The highest BCUT2D eigenvalue weighted by Crippen LogP contribution is 2.47. The Labute approximate surface area is 292 Å². The second-order valence-corrected chi connectivity index (χ2v) is 16.4. The number of fused-ring (bicyclic) bond motifs is 9. The summed E-state index contributed by atoms with van der Waals surface area (Å²) in [5.74, 6) is -0.210. The number of aromatic nitrogens is 1. The fourth-order valence-electron chi connectivity index (χ4n) is 8.68. The zero-order chi connectivity index (χ0) is 34.3. The zero-order valence-corrected chi connectivity index (χ0v) is 29.4. The zero-order valence-electron chi connectivity index (χ0n) is 29.4. The number of hydrogen-bond acceptors (Lipinski definition) is 1. The predicted octanol–water partition coefficient (Wildman–Crippen LogP) is 11.3. The Hall–Kier alpha value is -5.35. The van der Waals surface area contributed by atoms with E-state index in [4.69, 9.17) is 0 Å². The minimum absolute atomic E-state index is 0.0283. The van der Waals surface area contributed by atoms with Crippen LogP contribution in [0.2, 0.25) is 0 Å². The number of benzene rings is 7. The highest BCUT2D eigenvalue weighted by Gasteiger charge is 2.43. The van der Waals surface area contributed by atoms with Crippen LogP contribution in [0.15, 0.2) is 121 Å². The molecule has 50 heavy (non-hydrogen) atoms. The molecule has 3 heterocycles. The highest BCUT2D eigenvalue weighted by molar-refractivity contribution is 6.90. The average Bonchev–Trinajstić information content (AvgIpc) is 3.42. The molecule has 0 saturated carbocycles. The third-order valence-electron chi connectivity index (χ3n) is 11.2. The van der Waals surface area contributed by atoms with Gasteiger partial charge in [-0.2, -0.15) is 0 Å². The Morgan fingerprint density at radius 1 is 0.540 bits per heavy atom. The summed E-state index contributed by atoms with van der Waals surface area (Å²) in [5, 5.41) is 6.79. The lowest BCUT2D eigenvalue weighted by Crippen LogP contribution is -2.56. The van der Waals surface area contributed by atoms with Crippen molar-refractivity contribution in [1.29, 1.82) is 0 Å². The van der Waals surface area contributed by atoms with Crippen molar-refractivity contribution in [1.82, 2.24) is 4.48 Å². The van der Waals surface area contributed by atoms with E-state index >= 15 is 0 Å². The molecule has 7 aromatic carbocycles. The molecule has 2 aliphatic rings. The molecule has 0 radical (unpaired) electrons. The van der Waals surface area contributed by atoms with Crippen LogP contribution in [0.4, 0.5) is 21.5 Å². The first-order chi connectivity index (χ1) is 24.0. The summed E-state index contributed by atoms with van der Waals surface area (Å²) >= 11 is 0. The summed E-state index contributed by atoms with van der Waals surface area (Å²) in [4.78, 5) is 2.53. The van der Waals surface area contributed by atoms with Crippen LogP contribution < -0.4 is 15.8 Å². The molecule has 8 aromatic rings. The van der Waals surface area contributed by atoms with E-state index in [1.54, 1.807) is 12.1 Å². The van der Waals surface area contributed by atoms with Gasteiger partial charge in [0.05, 0.1) is 0 Å². The van der Waals surface area contributed by atoms with Gasteiger partial charge in [-0.15, -0.1) is 0 Å². The van der Waals surface area contributed by atoms with Gasteiger partial charge in [0.2, 0.25) is 0 Å². The first-order valence-electron chi connectivity index (χ1n) is 17.7. The second-order valence-electron chi connectivity index (χ2n) is 16.4. The van der Waals surface area contributed by atoms with Crippen molar-refractivity contribution in [3.05, 3.63) is 138 Å². The van der Waals surface area contributed by atoms with Crippen LogP contribution in [0.1, 0.15) is 52.7 Å². The van der Waals surface area contributed by atoms with Crippen LogP contribution in [0.3, 0.4) is 0 Å². The Morgan fingerprint density at radius 2 is 1.20 bits per heavy atom. The Balaban J connectivity index is 1.37. The fourth-order valence-corrected chi connectivity index (χ4v) is 8.68. The van der Waals surface area contributed by atoms with E-state index in [2.05, 4.69) is 154 Å². The standard InChI is InChI=1S/C46H38BFN2/c1-45(2,3)31-24-32(46(4,5)6)26-34(25-31)49-41-16-10-12-36-38-14-9-13-37-35-11-7-8-15-40(35)50(44(37)38)47(43(36)41)39-22-29-20-28-21-33(48)18-17-27(28)19-30(29)23-42(39)49/h7-26H,1-6H3. The lowest BCUT2D eigenvalue weighted by Gasteiger charge is -2.41. The van der Waals surface area contributed by atoms with Crippen molar-refractivity contribution in [3.63, 3.8) is 0 Å². The van der Waals surface area contributed by atoms with Crippen LogP contribution in [-0.4, -0.2) is 11.3 Å². The van der Waals surface area contributed by atoms with Gasteiger partial charge < -0.3 is 9.38 Å². The summed E-state index contributed by atoms with van der Waals surface area (Å²) in [7, 11) is 0. The van der Waals surface area contributed by atoms with Gasteiger partial charge in [-0.25, -0.2) is 4.39 Å². The molecule has 0 N–H and O–H groups in total. The van der Waals surface area contributed by atoms with Crippen molar-refractivity contribution in [2.24, 2.45) is 0 Å². The first kappa shape index (κ1) is 29.6. The van der Waals surface area contributed by atoms with E-state index in [-0.39, 0.29) is 23.5 Å². The molecule has 0 spiro atoms. The Morgan fingerprint density at radius 3 is 1.98 bits per heavy atom. The number of hydrogen-bond donors (Lipinski definition) is 0. The normalized spacial score (nSPS) is 13.8. The first-order valence-corrected chi connectivity index (χ1v) is 17.7. The molecule has 0 bridgehead atoms. The molecule has 4 heteroatoms. The molecule has 2 aliphatic heterocycles. The van der Waals surface area contributed by atoms with Crippen LogP contribution >= 0.6 is 0 Å². The SMILES string of the molecule is CC(C)(C)c1cc(N2c3cc4cc5ccc(F)cc5cc4cc3B3c4c(cccc42)-c2cccc4c5ccccc5n3c24)cc(C(C)(C)C)c1. The smallest absolute Gasteiger partial charge is 0.333 e. The maximum atomic E-state index is 14.5. The van der Waals surface area contributed by atoms with E-state index in [9.17, 15) is 4.39 Å². The number of nitrogens with zero attached hydrogens (tertiary/aromatic N) is 2. The van der Waals surface area contributed by atoms with E-state index < -0.39 is 0 Å². The van der Waals surface area contributed by atoms with Gasteiger partial charge in [0.25, 0.3) is 0 Å². The summed E-state index contributed by atoms with van der Waals surface area (Å²) in [6, 6.07) is 44.0. The molecule has 0 fully saturated rings. The maximum absolute atomic E-state index is 14.5. The number of rotatable bonds is 1. The summed E-state index contributed by atoms with van der Waals surface area (Å²) in [6.07, 6.45) is 0. The van der Waals surface area contributed by atoms with E-state index in [0.717, 1.165) is 21.5 Å². The van der Waals surface area contributed by atoms with E-state index in [1.807, 2.05) is 6.07 Å².